The summed E-state index contributed by atoms with van der Waals surface area (Å²) in [4.78, 5) is 0. The Morgan fingerprint density at radius 3 is 1.17 bits per heavy atom. The van der Waals surface area contributed by atoms with Crippen LogP contribution in [0.5, 0.6) is 0 Å². The third-order valence-electron chi connectivity index (χ3n) is 0. The van der Waals surface area contributed by atoms with E-state index in [0.717, 1.165) is 0 Å². The fraction of sp³-hybridized carbons (Fsp3) is 0. The molecule has 4 nitrogen and oxygen atoms in total. The van der Waals surface area contributed by atoms with Crippen molar-refractivity contribution in [2.24, 2.45) is 0 Å². The molecule has 0 atom stereocenters. The minimum absolute atomic E-state index is 2.17. The van der Waals surface area contributed by atoms with Crippen LogP contribution in [0.25, 0.3) is 0 Å². The van der Waals surface area contributed by atoms with Crippen LogP contribution in [-0.4, -0.2) is 30.1 Å². The Morgan fingerprint density at radius 1 is 1.17 bits per heavy atom. The summed E-state index contributed by atoms with van der Waals surface area (Å²) in [7, 11) is 1.08. The van der Waals surface area contributed by atoms with Crippen molar-refractivity contribution in [1.82, 2.24) is 0 Å². The summed E-state index contributed by atoms with van der Waals surface area (Å²) in [6.45, 7) is 0. The molecule has 0 bridgehead atoms. The van der Waals surface area contributed by atoms with Gasteiger partial charge in [0.1, 0.15) is 0 Å². The predicted molar refractivity (Wildman–Crippen MR) is 18.9 cm³/mol. The molecule has 0 aliphatic heterocycles. The summed E-state index contributed by atoms with van der Waals surface area (Å²) in [6.07, 6.45) is 0. The Labute approximate surface area is 36.0 Å². The van der Waals surface area contributed by atoms with Gasteiger partial charge in [-0.3, -0.25) is 0 Å². The van der Waals surface area contributed by atoms with Crippen LogP contribution in [0.4, 0.5) is 0 Å². The van der Waals surface area contributed by atoms with E-state index in [9.17, 15) is 0 Å². The molecule has 0 aromatic carbocycles. The maximum atomic E-state index is 7.75. The molecule has 6 heavy (non-hydrogen) atoms. The molecule has 0 amide bonds. The third kappa shape index (κ3) is 832. The molecule has 0 rings (SSSR count). The van der Waals surface area contributed by atoms with Gasteiger partial charge in [0.05, 0.1) is 0 Å². The van der Waals surface area contributed by atoms with Crippen molar-refractivity contribution in [3.63, 3.8) is 0 Å². The molecule has 6 heteroatoms. The summed E-state index contributed by atoms with van der Waals surface area (Å²) >= 11 is 0. The average Bonchev–Trinajstić information content (AvgIpc) is 1.41. The van der Waals surface area contributed by atoms with E-state index in [2.05, 4.69) is 7.72 Å². The third-order valence-corrected chi connectivity index (χ3v) is 0. The summed E-state index contributed by atoms with van der Waals surface area (Å²) < 4.78 is 7.75. The van der Waals surface area contributed by atoms with Crippen LogP contribution < -0.4 is 0 Å². The van der Waals surface area contributed by atoms with E-state index in [1.807, 2.05) is 0 Å². The fourth-order valence-corrected chi connectivity index (χ4v) is 0. The van der Waals surface area contributed by atoms with Gasteiger partial charge in [0.2, 0.25) is 0 Å². The first kappa shape index (κ1) is 9.26. The van der Waals surface area contributed by atoms with Crippen LogP contribution in [0, 0.1) is 0 Å². The van der Waals surface area contributed by atoms with Gasteiger partial charge in [0, 0.05) is 0 Å². The molecule has 1 radical (unpaired) electrons. The van der Waals surface area contributed by atoms with Crippen LogP contribution in [0.2, 0.25) is 0 Å². The molecule has 0 aliphatic carbocycles. The summed E-state index contributed by atoms with van der Waals surface area (Å²) in [5, 5.41) is 21.5. The molecule has 33 valence electrons. The SMILES string of the molecule is OB(O)O.[B]=O. The predicted octanol–water partition coefficient (Wildman–Crippen LogP) is -2.55. The first-order valence-corrected chi connectivity index (χ1v) is 1.01. The van der Waals surface area contributed by atoms with E-state index >= 15 is 0 Å². The van der Waals surface area contributed by atoms with Gasteiger partial charge < -0.3 is 15.1 Å². The van der Waals surface area contributed by atoms with Gasteiger partial charge in [-0.25, -0.2) is 0 Å². The van der Waals surface area contributed by atoms with Crippen molar-refractivity contribution in [2.75, 3.05) is 0 Å². The zero-order valence-corrected chi connectivity index (χ0v) is 2.90. The second kappa shape index (κ2) is 8.84. The van der Waals surface area contributed by atoms with Crippen molar-refractivity contribution >= 4 is 15.0 Å². The van der Waals surface area contributed by atoms with Gasteiger partial charge in [0.15, 0.2) is 0 Å². The Hall–Kier alpha value is -0.190. The standard InChI is InChI=1S/BH3O3.BO/c2-1(3)4;1-2/h2-4H;. The van der Waals surface area contributed by atoms with E-state index in [0.29, 0.717) is 0 Å². The molecule has 3 N–H and O–H groups in total. The molecule has 0 fully saturated rings. The van der Waals surface area contributed by atoms with Gasteiger partial charge in [-0.2, -0.15) is 0 Å². The van der Waals surface area contributed by atoms with Crippen molar-refractivity contribution in [3.05, 3.63) is 0 Å². The van der Waals surface area contributed by atoms with E-state index < -0.39 is 7.32 Å². The Morgan fingerprint density at radius 2 is 1.17 bits per heavy atom. The van der Waals surface area contributed by atoms with Crippen LogP contribution in [-0.2, 0) is 4.70 Å². The second-order valence-electron chi connectivity index (χ2n) is 0.346. The molecule has 0 saturated carbocycles. The molecular weight excluding hydrogens is 85.6 g/mol. The van der Waals surface area contributed by atoms with E-state index in [1.54, 1.807) is 0 Å². The molecule has 0 saturated heterocycles. The van der Waals surface area contributed by atoms with Crippen molar-refractivity contribution in [2.45, 2.75) is 0 Å². The Balaban J connectivity index is 0. The Kier molecular flexibility index (Phi) is 13.6. The first-order valence-electron chi connectivity index (χ1n) is 1.01. The van der Waals surface area contributed by atoms with E-state index in [-0.39, 0.29) is 0 Å². The quantitative estimate of drug-likeness (QED) is 0.285. The van der Waals surface area contributed by atoms with Crippen LogP contribution >= 0.6 is 0 Å². The summed E-state index contributed by atoms with van der Waals surface area (Å²) in [5.74, 6) is 0. The van der Waals surface area contributed by atoms with Gasteiger partial charge in [-0.05, 0) is 0 Å². The number of hydrogen-bond acceptors (Lipinski definition) is 4. The average molecular weight is 88.6 g/mol. The van der Waals surface area contributed by atoms with Crippen molar-refractivity contribution < 1.29 is 19.8 Å². The molecule has 0 aliphatic rings. The molecular formula is H3B2O4. The molecule has 0 aromatic rings. The normalized spacial score (nSPS) is 5.00. The molecule has 0 aromatic heterocycles. The van der Waals surface area contributed by atoms with Gasteiger partial charge >= 0.3 is 19.7 Å². The number of hydrogen-bond donors (Lipinski definition) is 3. The molecule has 0 spiro atoms. The van der Waals surface area contributed by atoms with Crippen LogP contribution in [0.15, 0.2) is 0 Å². The summed E-state index contributed by atoms with van der Waals surface area (Å²) in [6, 6.07) is 0. The van der Waals surface area contributed by atoms with Crippen LogP contribution in [0.3, 0.4) is 0 Å². The minimum atomic E-state index is -2.17. The van der Waals surface area contributed by atoms with Gasteiger partial charge in [0.25, 0.3) is 0 Å². The monoisotopic (exact) mass is 89.0 g/mol. The van der Waals surface area contributed by atoms with Gasteiger partial charge in [-0.1, -0.05) is 0 Å². The van der Waals surface area contributed by atoms with Crippen LogP contribution in [0.1, 0.15) is 0 Å². The van der Waals surface area contributed by atoms with Crippen molar-refractivity contribution in [3.8, 4) is 0 Å². The van der Waals surface area contributed by atoms with Crippen molar-refractivity contribution in [1.29, 1.82) is 0 Å². The van der Waals surface area contributed by atoms with Gasteiger partial charge in [-0.15, -0.1) is 0 Å². The Bertz CT molecular complexity index is 16.8. The molecule has 0 heterocycles. The number of rotatable bonds is 0. The van der Waals surface area contributed by atoms with E-state index in [1.165, 1.54) is 0 Å². The maximum absolute atomic E-state index is 7.75. The van der Waals surface area contributed by atoms with E-state index in [4.69, 9.17) is 19.8 Å². The summed E-state index contributed by atoms with van der Waals surface area (Å²) in [5.41, 5.74) is 0. The zero-order chi connectivity index (χ0) is 5.58. The molecule has 0 unspecified atom stereocenters. The zero-order valence-electron chi connectivity index (χ0n) is 2.90. The topological polar surface area (TPSA) is 77.8 Å². The fourth-order valence-electron chi connectivity index (χ4n) is 0. The second-order valence-corrected chi connectivity index (χ2v) is 0.346. The first-order chi connectivity index (χ1) is 2.73.